The van der Waals surface area contributed by atoms with E-state index in [1.807, 2.05) is 73.1 Å². The van der Waals surface area contributed by atoms with Crippen molar-refractivity contribution in [1.29, 1.82) is 0 Å². The number of hydrogen-bond acceptors (Lipinski definition) is 37. The number of pyridine rings is 7. The van der Waals surface area contributed by atoms with Crippen LogP contribution < -0.4 is 46.7 Å². The van der Waals surface area contributed by atoms with Gasteiger partial charge in [-0.1, -0.05) is 57.8 Å². The molecule has 2 fully saturated rings. The molecule has 0 aliphatic carbocycles. The van der Waals surface area contributed by atoms with Crippen molar-refractivity contribution in [3.8, 4) is 11.5 Å². The quantitative estimate of drug-likeness (QED) is 0.0292. The van der Waals surface area contributed by atoms with Gasteiger partial charge in [0.15, 0.2) is 22.8 Å². The fourth-order valence-electron chi connectivity index (χ4n) is 9.79. The average Bonchev–Trinajstić information content (AvgIpc) is 0.843. The number of amides is 4. The summed E-state index contributed by atoms with van der Waals surface area (Å²) in [5.41, 5.74) is 9.97. The summed E-state index contributed by atoms with van der Waals surface area (Å²) in [7, 11) is 11.5. The van der Waals surface area contributed by atoms with E-state index in [1.54, 1.807) is 70.0 Å². The Kier molecular flexibility index (Phi) is 43.6. The number of nitrogens with zero attached hydrogens (tertiary/aromatic N) is 11. The molecule has 0 unspecified atom stereocenters. The fourth-order valence-corrected chi connectivity index (χ4v) is 56.4. The lowest BCUT2D eigenvalue weighted by molar-refractivity contribution is -0.124. The van der Waals surface area contributed by atoms with Gasteiger partial charge in [0.25, 0.3) is 5.91 Å². The van der Waals surface area contributed by atoms with Gasteiger partial charge >= 0.3 is 35.8 Å². The summed E-state index contributed by atoms with van der Waals surface area (Å²) in [6.07, 6.45) is 12.3. The first kappa shape index (κ1) is 107. The van der Waals surface area contributed by atoms with E-state index in [1.165, 1.54) is 152 Å². The van der Waals surface area contributed by atoms with Crippen LogP contribution in [0.4, 0.5) is 23.3 Å². The molecule has 14 rings (SSSR count). The number of nitrogens with one attached hydrogen (secondary N) is 3. The first-order chi connectivity index (χ1) is 60.7. The second-order valence-electron chi connectivity index (χ2n) is 25.0. The number of hydrogen-bond donors (Lipinski definition) is 5. The number of halogens is 4. The largest absolute Gasteiger partial charge is 0.497 e. The summed E-state index contributed by atoms with van der Waals surface area (Å²) in [5.74, 6) is -1.31. The van der Waals surface area contributed by atoms with Crippen LogP contribution in [0.15, 0.2) is 152 Å². The van der Waals surface area contributed by atoms with E-state index in [9.17, 15) is 47.9 Å². The zero-order valence-corrected chi connectivity index (χ0v) is 85.2. The van der Waals surface area contributed by atoms with Gasteiger partial charge in [-0.05, 0) is 195 Å². The van der Waals surface area contributed by atoms with Crippen LogP contribution in [0.1, 0.15) is 128 Å². The van der Waals surface area contributed by atoms with Crippen LogP contribution in [0.3, 0.4) is 0 Å². The molecule has 12 aromatic rings. The number of aromatic carboxylic acids is 1. The summed E-state index contributed by atoms with van der Waals surface area (Å²) in [4.78, 5) is 153. The van der Waals surface area contributed by atoms with Crippen LogP contribution in [0.5, 0.6) is 11.5 Å². The molecule has 2 aliphatic rings. The number of aryl methyl sites for hydroxylation is 3. The van der Waals surface area contributed by atoms with Gasteiger partial charge in [0, 0.05) is 95.0 Å². The Hall–Kier alpha value is -9.77. The van der Waals surface area contributed by atoms with Crippen molar-refractivity contribution in [1.82, 2.24) is 55.2 Å². The SMILES string of the molecule is C1CCOC1.CNC(=O)c1cnc2nc(C)sc2c1.COC(=O)c1cnc(N(C(C)=O)C(C)=O)c(Br)c1.COC(=O)c1cnc(N)c(Br)c1.COC(=O)c1cnc(NC(C)=O)c(Br)c1.COC(=O)c1cnc(NC(C)=S)c(Br)c1.COC(=O)c1cnc2nc(C)sc2c1.COc1ccc(P2(=S)SP(=S)(c3ccc(OC)cc3)S2)cc1.Cc1nc2ncc(C(=O)O)cc2s1. The minimum atomic E-state index is -1.66. The van der Waals surface area contributed by atoms with Crippen molar-refractivity contribution in [3.05, 3.63) is 206 Å². The molecule has 676 valence electrons. The number of carboxylic acids is 1. The van der Waals surface area contributed by atoms with Crippen LogP contribution in [0.25, 0.3) is 31.0 Å². The molecule has 12 heterocycles. The second kappa shape index (κ2) is 52.2. The number of thiocarbonyl (C=S) groups is 1. The van der Waals surface area contributed by atoms with Gasteiger partial charge in [0.2, 0.25) is 17.7 Å². The Labute approximate surface area is 802 Å². The highest BCUT2D eigenvalue weighted by atomic mass is 79.9. The summed E-state index contributed by atoms with van der Waals surface area (Å²) < 4.78 is 39.6. The zero-order chi connectivity index (χ0) is 94.9. The third kappa shape index (κ3) is 32.4. The minimum absolute atomic E-state index is 0.120. The predicted octanol–water partition coefficient (Wildman–Crippen LogP) is 17.1. The number of benzene rings is 2. The number of methoxy groups -OCH3 is 7. The number of carboxylic acid groups (broad SMARTS) is 1. The topological polar surface area (TPSA) is 459 Å². The van der Waals surface area contributed by atoms with Crippen molar-refractivity contribution in [2.24, 2.45) is 0 Å². The maximum Gasteiger partial charge on any atom is 0.339 e. The van der Waals surface area contributed by atoms with Crippen molar-refractivity contribution >= 4 is 294 Å². The summed E-state index contributed by atoms with van der Waals surface area (Å²) in [5, 5.41) is 21.9. The van der Waals surface area contributed by atoms with E-state index in [0.29, 0.717) is 85.1 Å². The highest BCUT2D eigenvalue weighted by Gasteiger charge is 2.46. The van der Waals surface area contributed by atoms with E-state index in [4.69, 9.17) is 60.9 Å². The third-order valence-electron chi connectivity index (χ3n) is 15.7. The molecular formula is C80H81Br4N15O19P2S8. The Balaban J connectivity index is 0.000000225. The van der Waals surface area contributed by atoms with E-state index in [-0.39, 0.29) is 34.7 Å². The Morgan fingerprint density at radius 3 is 1.11 bits per heavy atom. The molecule has 6 N–H and O–H groups in total. The molecule has 10 aromatic heterocycles. The molecule has 0 bridgehead atoms. The number of carbonyl (C=O) groups excluding carboxylic acids is 9. The van der Waals surface area contributed by atoms with E-state index in [0.717, 1.165) is 58.7 Å². The number of ether oxygens (including phenoxy) is 8. The number of nitrogens with two attached hydrogens (primary N) is 1. The lowest BCUT2D eigenvalue weighted by Gasteiger charge is -2.40. The summed E-state index contributed by atoms with van der Waals surface area (Å²) >= 11 is 37.7. The normalized spacial score (nSPS) is 13.4. The monoisotopic (exact) mass is 2190 g/mol. The molecule has 128 heavy (non-hydrogen) atoms. The molecule has 0 spiro atoms. The van der Waals surface area contributed by atoms with Crippen molar-refractivity contribution < 1.29 is 90.9 Å². The van der Waals surface area contributed by atoms with Gasteiger partial charge in [-0.3, -0.25) is 19.2 Å². The molecule has 0 saturated carbocycles. The lowest BCUT2D eigenvalue weighted by atomic mass is 10.3. The number of nitrogen functional groups attached to an aromatic ring is 1. The standard InChI is InChI=1S/C14H14O2P2S4.C11H11BrN2O4.C9H9BrN2O3.C9H9BrN2O2S.C9H9N3OS.C9H8N2O2S.C8H6N2O2S.C7H7BrN2O2.C4H8O/c1-15-11-3-7-13(8-4-11)17(19)21-18(20,22-17)14-9-5-12(16-2)6-10-14;1-6(15)14(7(2)16)10-9(12)4-8(5-13-10)11(17)18-3;1-5(13)12-8-7(10)3-6(4-11-8)9(14)15-2;1-5(15)12-8-7(10)3-6(4-11-8)9(13)14-2;1-5-12-8-7(14-5)3-6(4-11-8)9(13)10-2;1-5-11-8-7(14-5)3-6(4-10-8)9(12)13-2;1-4-10-7-6(13-4)2-5(3-9-7)8(11)12;1-12-7(11)4-2-5(8)6(9)10-3-4;1-2-4-5-3-1/h3-10H,1-2H3;4-5H,1-3H3;3-4H,1-2H3,(H,11,12,13);3-4H,1-2H3,(H,11,12,15);3-4H,1-2H3,(H,10,13);3-4H,1-2H3;2-3H,1H3,(H,11,12);2-3H,1H3,(H2,9,10);1-4H2. The van der Waals surface area contributed by atoms with E-state index < -0.39 is 50.5 Å². The first-order valence-electron chi connectivity index (χ1n) is 36.5. The van der Waals surface area contributed by atoms with Gasteiger partial charge in [0.1, 0.15) is 29.0 Å². The van der Waals surface area contributed by atoms with E-state index in [2.05, 4.69) is 177 Å². The highest BCUT2D eigenvalue weighted by molar-refractivity contribution is 9.48. The van der Waals surface area contributed by atoms with Crippen LogP contribution in [-0.4, -0.2) is 189 Å². The number of thiazole rings is 3. The fraction of sp³-hybridized carbons (Fsp3) is 0.237. The average molecular weight is 2190 g/mol. The van der Waals surface area contributed by atoms with Gasteiger partial charge in [-0.25, -0.2) is 83.5 Å². The number of aromatic nitrogens is 10. The van der Waals surface area contributed by atoms with Crippen molar-refractivity contribution in [2.45, 2.75) is 61.3 Å². The number of anilines is 4. The van der Waals surface area contributed by atoms with Crippen LogP contribution in [0, 0.1) is 20.8 Å². The van der Waals surface area contributed by atoms with Crippen molar-refractivity contribution in [3.63, 3.8) is 0 Å². The highest BCUT2D eigenvalue weighted by Crippen LogP contribution is 3.04. The van der Waals surface area contributed by atoms with Gasteiger partial charge in [0.05, 0.1) is 150 Å². The number of fused-ring (bicyclic) bond motifs is 3. The second-order valence-corrected chi connectivity index (χ2v) is 54.0. The van der Waals surface area contributed by atoms with Crippen molar-refractivity contribution in [2.75, 3.05) is 91.3 Å². The molecule has 34 nitrogen and oxygen atoms in total. The Bertz CT molecular complexity index is 5870. The maximum absolute atomic E-state index is 11.4. The maximum atomic E-state index is 11.4. The Morgan fingerprint density at radius 2 is 0.789 bits per heavy atom. The molecule has 0 radical (unpaired) electrons. The van der Waals surface area contributed by atoms with Gasteiger partial charge in [-0.2, -0.15) is 0 Å². The molecule has 4 amide bonds. The number of imide groups is 1. The van der Waals surface area contributed by atoms with Crippen LogP contribution in [-0.2, 0) is 66.4 Å². The number of carbonyl (C=O) groups is 10. The van der Waals surface area contributed by atoms with Gasteiger partial charge < -0.3 is 64.7 Å². The summed E-state index contributed by atoms with van der Waals surface area (Å²) in [6, 6.07) is 27.5. The molecular weight excluding hydrogens is 2110 g/mol. The molecule has 2 aromatic carbocycles. The minimum Gasteiger partial charge on any atom is -0.497 e. The molecule has 0 atom stereocenters. The van der Waals surface area contributed by atoms with Gasteiger partial charge in [-0.15, -0.1) is 34.0 Å². The Morgan fingerprint density at radius 1 is 0.461 bits per heavy atom. The zero-order valence-electron chi connectivity index (χ0n) is 70.5. The number of rotatable bonds is 14. The summed E-state index contributed by atoms with van der Waals surface area (Å²) in [6.45, 7) is 13.3. The van der Waals surface area contributed by atoms with Crippen LogP contribution in [0.2, 0.25) is 0 Å². The lowest BCUT2D eigenvalue weighted by Crippen LogP contribution is -2.34. The predicted molar refractivity (Wildman–Crippen MR) is 525 cm³/mol. The molecule has 2 saturated heterocycles. The number of esters is 5. The van der Waals surface area contributed by atoms with Crippen LogP contribution >= 0.6 is 141 Å². The smallest absolute Gasteiger partial charge is 0.339 e. The molecule has 48 heteroatoms. The third-order valence-corrected chi connectivity index (χ3v) is 52.2. The molecule has 2 aliphatic heterocycles. The first-order valence-corrected chi connectivity index (χ1v) is 52.2. The van der Waals surface area contributed by atoms with E-state index >= 15 is 0 Å².